The van der Waals surface area contributed by atoms with Gasteiger partial charge in [-0.05, 0) is 63.7 Å². The molecule has 0 atom stereocenters. The van der Waals surface area contributed by atoms with Crippen molar-refractivity contribution in [2.45, 2.75) is 6.42 Å². The number of fused-ring (bicyclic) bond motifs is 3. The van der Waals surface area contributed by atoms with Crippen LogP contribution in [0.5, 0.6) is 23.0 Å². The summed E-state index contributed by atoms with van der Waals surface area (Å²) in [5.41, 5.74) is 5.53. The van der Waals surface area contributed by atoms with Gasteiger partial charge in [0, 0.05) is 18.8 Å². The molecule has 0 aliphatic carbocycles. The maximum absolute atomic E-state index is 5.85. The molecule has 4 aromatic rings. The van der Waals surface area contributed by atoms with Crippen LogP contribution in [0.15, 0.2) is 71.7 Å². The molecule has 0 bridgehead atoms. The maximum Gasteiger partial charge on any atom is 0.231 e. The molecule has 0 fully saturated rings. The van der Waals surface area contributed by atoms with Gasteiger partial charge in [0.1, 0.15) is 0 Å². The molecule has 2 aliphatic rings. The molecule has 2 heterocycles. The first-order chi connectivity index (χ1) is 15.8. The van der Waals surface area contributed by atoms with Gasteiger partial charge in [-0.3, -0.25) is 4.99 Å². The number of ether oxygens (including phenoxy) is 4. The quantitative estimate of drug-likeness (QED) is 0.401. The van der Waals surface area contributed by atoms with E-state index in [0.29, 0.717) is 0 Å². The molecule has 0 saturated carbocycles. The fourth-order valence-corrected chi connectivity index (χ4v) is 4.46. The van der Waals surface area contributed by atoms with E-state index in [1.54, 1.807) is 7.05 Å². The lowest BCUT2D eigenvalue weighted by Gasteiger charge is -2.16. The third kappa shape index (κ3) is 3.14. The van der Waals surface area contributed by atoms with Gasteiger partial charge < -0.3 is 18.9 Å². The molecule has 4 aromatic carbocycles. The Morgan fingerprint density at radius 3 is 2.34 bits per heavy atom. The molecule has 158 valence electrons. The summed E-state index contributed by atoms with van der Waals surface area (Å²) in [5, 5.41) is 2.20. The summed E-state index contributed by atoms with van der Waals surface area (Å²) in [6.07, 6.45) is 2.64. The Balaban J connectivity index is 1.57. The molecule has 0 unspecified atom stereocenters. The zero-order chi connectivity index (χ0) is 21.5. The zero-order valence-corrected chi connectivity index (χ0v) is 17.6. The van der Waals surface area contributed by atoms with Gasteiger partial charge in [-0.1, -0.05) is 42.5 Å². The Kier molecular flexibility index (Phi) is 4.46. The summed E-state index contributed by atoms with van der Waals surface area (Å²) < 4.78 is 22.7. The fourth-order valence-electron chi connectivity index (χ4n) is 4.46. The highest BCUT2D eigenvalue weighted by atomic mass is 16.7. The van der Waals surface area contributed by atoms with E-state index in [0.717, 1.165) is 62.4 Å². The minimum atomic E-state index is 0.218. The van der Waals surface area contributed by atoms with Crippen molar-refractivity contribution in [3.05, 3.63) is 83.4 Å². The first-order valence-corrected chi connectivity index (χ1v) is 10.6. The molecule has 32 heavy (non-hydrogen) atoms. The summed E-state index contributed by atoms with van der Waals surface area (Å²) in [6, 6.07) is 23.1. The lowest BCUT2D eigenvalue weighted by molar-refractivity contribution is 0.173. The number of benzene rings is 4. The van der Waals surface area contributed by atoms with Crippen LogP contribution in [0.2, 0.25) is 0 Å². The summed E-state index contributed by atoms with van der Waals surface area (Å²) in [7, 11) is 1.77. The smallest absolute Gasteiger partial charge is 0.231 e. The minimum absolute atomic E-state index is 0.218. The molecular weight excluding hydrogens is 402 g/mol. The molecule has 6 rings (SSSR count). The predicted octanol–water partition coefficient (Wildman–Crippen LogP) is 5.60. The Morgan fingerprint density at radius 1 is 0.781 bits per heavy atom. The van der Waals surface area contributed by atoms with Crippen molar-refractivity contribution in [1.82, 2.24) is 0 Å². The molecule has 0 radical (unpaired) electrons. The predicted molar refractivity (Wildman–Crippen MR) is 124 cm³/mol. The average Bonchev–Trinajstić information content (AvgIpc) is 3.47. The minimum Gasteiger partial charge on any atom is -0.454 e. The number of aliphatic imine (C=N–C) groups is 1. The first-order valence-electron chi connectivity index (χ1n) is 10.6. The number of nitrogens with zero attached hydrogens (tertiary/aromatic N) is 1. The topological polar surface area (TPSA) is 49.3 Å². The van der Waals surface area contributed by atoms with Gasteiger partial charge >= 0.3 is 0 Å². The highest BCUT2D eigenvalue weighted by Gasteiger charge is 2.25. The molecule has 0 N–H and O–H groups in total. The van der Waals surface area contributed by atoms with Crippen LogP contribution in [-0.4, -0.2) is 26.8 Å². The Bertz CT molecular complexity index is 1360. The molecule has 5 heteroatoms. The van der Waals surface area contributed by atoms with Crippen LogP contribution in [0, 0.1) is 0 Å². The number of hydrogen-bond donors (Lipinski definition) is 0. The van der Waals surface area contributed by atoms with Crippen molar-refractivity contribution in [2.24, 2.45) is 4.99 Å². The van der Waals surface area contributed by atoms with Crippen LogP contribution in [-0.2, 0) is 6.42 Å². The van der Waals surface area contributed by atoms with Crippen molar-refractivity contribution >= 4 is 17.0 Å². The highest BCUT2D eigenvalue weighted by Crippen LogP contribution is 2.45. The molecule has 0 amide bonds. The second kappa shape index (κ2) is 7.61. The van der Waals surface area contributed by atoms with Crippen LogP contribution >= 0.6 is 0 Å². The summed E-state index contributed by atoms with van der Waals surface area (Å²) >= 11 is 0. The van der Waals surface area contributed by atoms with Crippen molar-refractivity contribution in [1.29, 1.82) is 0 Å². The maximum atomic E-state index is 5.85. The third-order valence-electron chi connectivity index (χ3n) is 5.90. The Hall–Kier alpha value is -3.99. The summed E-state index contributed by atoms with van der Waals surface area (Å²) in [4.78, 5) is 4.33. The highest BCUT2D eigenvalue weighted by molar-refractivity contribution is 5.99. The zero-order valence-electron chi connectivity index (χ0n) is 17.6. The lowest BCUT2D eigenvalue weighted by atomic mass is 9.89. The number of rotatable bonds is 4. The second-order valence-corrected chi connectivity index (χ2v) is 7.88. The van der Waals surface area contributed by atoms with E-state index in [1.165, 1.54) is 5.56 Å². The van der Waals surface area contributed by atoms with E-state index >= 15 is 0 Å². The van der Waals surface area contributed by atoms with Gasteiger partial charge in [-0.15, -0.1) is 0 Å². The lowest BCUT2D eigenvalue weighted by Crippen LogP contribution is -2.00. The first kappa shape index (κ1) is 18.8. The van der Waals surface area contributed by atoms with E-state index in [9.17, 15) is 0 Å². The van der Waals surface area contributed by atoms with Crippen LogP contribution in [0.25, 0.3) is 21.9 Å². The number of hydrogen-bond acceptors (Lipinski definition) is 5. The third-order valence-corrected chi connectivity index (χ3v) is 5.90. The molecule has 0 spiro atoms. The van der Waals surface area contributed by atoms with Gasteiger partial charge in [0.25, 0.3) is 0 Å². The van der Waals surface area contributed by atoms with E-state index in [1.807, 2.05) is 24.4 Å². The van der Waals surface area contributed by atoms with Crippen molar-refractivity contribution in [2.75, 3.05) is 20.6 Å². The fraction of sp³-hybridized carbons (Fsp3) is 0.148. The van der Waals surface area contributed by atoms with Gasteiger partial charge in [-0.2, -0.15) is 0 Å². The normalized spacial score (nSPS) is 13.9. The van der Waals surface area contributed by atoms with Crippen LogP contribution < -0.4 is 18.9 Å². The largest absolute Gasteiger partial charge is 0.454 e. The van der Waals surface area contributed by atoms with Crippen LogP contribution in [0.3, 0.4) is 0 Å². The second-order valence-electron chi connectivity index (χ2n) is 7.88. The molecular formula is C27H21NO4. The SMILES string of the molecule is CN=Cc1c2c(cc(Cc3ccccc3)c1-c1ccc3cc4c(cc3c1)OCO4)OCO2. The van der Waals surface area contributed by atoms with Crippen LogP contribution in [0.1, 0.15) is 16.7 Å². The van der Waals surface area contributed by atoms with Gasteiger partial charge in [0.15, 0.2) is 23.0 Å². The summed E-state index contributed by atoms with van der Waals surface area (Å²) in [5.74, 6) is 3.07. The van der Waals surface area contributed by atoms with Gasteiger partial charge in [-0.25, -0.2) is 0 Å². The van der Waals surface area contributed by atoms with Gasteiger partial charge in [0.2, 0.25) is 13.6 Å². The Labute approximate surface area is 185 Å². The molecule has 0 aromatic heterocycles. The Morgan fingerprint density at radius 2 is 1.53 bits per heavy atom. The molecule has 5 nitrogen and oxygen atoms in total. The standard InChI is InChI=1S/C27H21NO4/c1-28-14-22-26(19-8-7-18-11-23-24(30-15-29-23)12-20(18)10-19)21(9-17-5-3-2-4-6-17)13-25-27(22)32-16-31-25/h2-8,10-14H,9,15-16H2,1H3. The molecule has 2 aliphatic heterocycles. The van der Waals surface area contributed by atoms with Crippen molar-refractivity contribution in [3.8, 4) is 34.1 Å². The monoisotopic (exact) mass is 423 g/mol. The van der Waals surface area contributed by atoms with Gasteiger partial charge in [0.05, 0.1) is 0 Å². The van der Waals surface area contributed by atoms with Crippen molar-refractivity contribution in [3.63, 3.8) is 0 Å². The van der Waals surface area contributed by atoms with E-state index in [4.69, 9.17) is 18.9 Å². The summed E-state index contributed by atoms with van der Waals surface area (Å²) in [6.45, 7) is 0.480. The molecule has 0 saturated heterocycles. The average molecular weight is 423 g/mol. The van der Waals surface area contributed by atoms with E-state index in [2.05, 4.69) is 53.5 Å². The van der Waals surface area contributed by atoms with E-state index in [-0.39, 0.29) is 13.6 Å². The van der Waals surface area contributed by atoms with E-state index < -0.39 is 0 Å². The van der Waals surface area contributed by atoms with Crippen molar-refractivity contribution < 1.29 is 18.9 Å². The van der Waals surface area contributed by atoms with Crippen LogP contribution in [0.4, 0.5) is 0 Å².